The van der Waals surface area contributed by atoms with Crippen LogP contribution in [0.5, 0.6) is 17.2 Å². The summed E-state index contributed by atoms with van der Waals surface area (Å²) < 4.78 is 22.1. The normalized spacial score (nSPS) is 11.6. The largest absolute Gasteiger partial charge is 0.497 e. The number of amides is 1. The summed E-state index contributed by atoms with van der Waals surface area (Å²) in [4.78, 5) is 12.6. The van der Waals surface area contributed by atoms with Crippen LogP contribution >= 0.6 is 0 Å². The third-order valence-electron chi connectivity index (χ3n) is 4.85. The van der Waals surface area contributed by atoms with Crippen LogP contribution in [0.1, 0.15) is 47.3 Å². The van der Waals surface area contributed by atoms with E-state index in [-0.39, 0.29) is 24.3 Å². The van der Waals surface area contributed by atoms with Crippen LogP contribution in [-0.4, -0.2) is 20.1 Å². The van der Waals surface area contributed by atoms with Crippen LogP contribution in [0.25, 0.3) is 0 Å². The van der Waals surface area contributed by atoms with Gasteiger partial charge in [0.15, 0.2) is 5.76 Å². The molecule has 0 fully saturated rings. The Kier molecular flexibility index (Phi) is 7.01. The second kappa shape index (κ2) is 9.87. The highest BCUT2D eigenvalue weighted by Gasteiger charge is 2.18. The number of hydrogen-bond acceptors (Lipinski definition) is 5. The van der Waals surface area contributed by atoms with Crippen molar-refractivity contribution in [3.63, 3.8) is 0 Å². The van der Waals surface area contributed by atoms with Gasteiger partial charge >= 0.3 is 0 Å². The van der Waals surface area contributed by atoms with Crippen LogP contribution in [0.15, 0.2) is 59.0 Å². The van der Waals surface area contributed by atoms with E-state index < -0.39 is 0 Å². The summed E-state index contributed by atoms with van der Waals surface area (Å²) in [6.07, 6.45) is 0.983. The zero-order valence-corrected chi connectivity index (χ0v) is 17.7. The zero-order chi connectivity index (χ0) is 21.5. The summed E-state index contributed by atoms with van der Waals surface area (Å²) in [7, 11) is 3.19. The highest BCUT2D eigenvalue weighted by Crippen LogP contribution is 2.29. The third-order valence-corrected chi connectivity index (χ3v) is 4.85. The molecule has 3 rings (SSSR count). The Labute approximate surface area is 176 Å². The minimum atomic E-state index is -0.314. The summed E-state index contributed by atoms with van der Waals surface area (Å²) in [6, 6.07) is 16.5. The second-order valence-electron chi connectivity index (χ2n) is 6.86. The molecule has 0 bridgehead atoms. The van der Waals surface area contributed by atoms with E-state index in [1.807, 2.05) is 49.4 Å². The van der Waals surface area contributed by atoms with Crippen LogP contribution in [0.4, 0.5) is 0 Å². The minimum Gasteiger partial charge on any atom is -0.497 e. The summed E-state index contributed by atoms with van der Waals surface area (Å²) in [5, 5.41) is 2.93. The quantitative estimate of drug-likeness (QED) is 0.543. The first kappa shape index (κ1) is 21.3. The molecule has 0 radical (unpaired) electrons. The highest BCUT2D eigenvalue weighted by molar-refractivity contribution is 5.91. The van der Waals surface area contributed by atoms with E-state index in [0.29, 0.717) is 17.3 Å². The maximum atomic E-state index is 12.6. The summed E-state index contributed by atoms with van der Waals surface area (Å²) in [5.74, 6) is 2.61. The lowest BCUT2D eigenvalue weighted by Crippen LogP contribution is -2.26. The first-order valence-electron chi connectivity index (χ1n) is 9.87. The van der Waals surface area contributed by atoms with Crippen LogP contribution in [0, 0.1) is 0 Å². The number of hydrogen-bond donors (Lipinski definition) is 1. The van der Waals surface area contributed by atoms with Crippen molar-refractivity contribution in [2.45, 2.75) is 32.9 Å². The molecule has 1 amide bonds. The summed E-state index contributed by atoms with van der Waals surface area (Å²) in [6.45, 7) is 4.23. The van der Waals surface area contributed by atoms with Gasteiger partial charge in [0, 0.05) is 5.56 Å². The van der Waals surface area contributed by atoms with Crippen LogP contribution in [0.2, 0.25) is 0 Å². The van der Waals surface area contributed by atoms with Crippen molar-refractivity contribution >= 4 is 5.91 Å². The molecule has 6 nitrogen and oxygen atoms in total. The maximum Gasteiger partial charge on any atom is 0.287 e. The molecule has 30 heavy (non-hydrogen) atoms. The van der Waals surface area contributed by atoms with Crippen molar-refractivity contribution in [2.75, 3.05) is 14.2 Å². The van der Waals surface area contributed by atoms with Crippen LogP contribution in [-0.2, 0) is 13.0 Å². The molecule has 158 valence electrons. The van der Waals surface area contributed by atoms with Crippen LogP contribution < -0.4 is 19.5 Å². The molecule has 0 saturated carbocycles. The van der Waals surface area contributed by atoms with Crippen molar-refractivity contribution in [1.82, 2.24) is 5.32 Å². The Hall–Kier alpha value is -3.41. The Balaban J connectivity index is 1.61. The lowest BCUT2D eigenvalue weighted by atomic mass is 10.1. The van der Waals surface area contributed by atoms with Gasteiger partial charge in [-0.3, -0.25) is 4.79 Å². The molecular formula is C24H27NO5. The number of methoxy groups -OCH3 is 2. The van der Waals surface area contributed by atoms with Gasteiger partial charge in [0.25, 0.3) is 5.91 Å². The predicted octanol–water partition coefficient (Wildman–Crippen LogP) is 4.93. The van der Waals surface area contributed by atoms with E-state index in [1.54, 1.807) is 26.4 Å². The molecule has 0 aliphatic carbocycles. The van der Waals surface area contributed by atoms with Crippen molar-refractivity contribution in [2.24, 2.45) is 0 Å². The predicted molar refractivity (Wildman–Crippen MR) is 114 cm³/mol. The van der Waals surface area contributed by atoms with Crippen molar-refractivity contribution in [3.8, 4) is 17.2 Å². The molecule has 1 atom stereocenters. The second-order valence-corrected chi connectivity index (χ2v) is 6.86. The van der Waals surface area contributed by atoms with E-state index >= 15 is 0 Å². The lowest BCUT2D eigenvalue weighted by molar-refractivity contribution is 0.0907. The zero-order valence-electron chi connectivity index (χ0n) is 17.7. The molecule has 2 aromatic carbocycles. The first-order valence-corrected chi connectivity index (χ1v) is 9.87. The fourth-order valence-corrected chi connectivity index (χ4v) is 3.08. The lowest BCUT2D eigenvalue weighted by Gasteiger charge is -2.17. The van der Waals surface area contributed by atoms with Crippen molar-refractivity contribution in [3.05, 3.63) is 77.2 Å². The fraction of sp³-hybridized carbons (Fsp3) is 0.292. The van der Waals surface area contributed by atoms with Gasteiger partial charge in [-0.2, -0.15) is 0 Å². The third kappa shape index (κ3) is 5.14. The molecule has 0 aliphatic heterocycles. The number of nitrogens with one attached hydrogen (secondary N) is 1. The Bertz CT molecular complexity index is 978. The fourth-order valence-electron chi connectivity index (χ4n) is 3.08. The van der Waals surface area contributed by atoms with Gasteiger partial charge in [0.1, 0.15) is 29.6 Å². The van der Waals surface area contributed by atoms with E-state index in [1.165, 1.54) is 5.56 Å². The number of carbonyl (C=O) groups excluding carboxylic acids is 1. The van der Waals surface area contributed by atoms with Gasteiger partial charge in [-0.05, 0) is 61.4 Å². The molecule has 0 saturated heterocycles. The molecule has 1 heterocycles. The molecule has 0 spiro atoms. The number of benzene rings is 2. The minimum absolute atomic E-state index is 0.226. The van der Waals surface area contributed by atoms with Gasteiger partial charge in [0.2, 0.25) is 0 Å². The van der Waals surface area contributed by atoms with Gasteiger partial charge < -0.3 is 23.9 Å². The van der Waals surface area contributed by atoms with Gasteiger partial charge in [-0.15, -0.1) is 0 Å². The smallest absolute Gasteiger partial charge is 0.287 e. The first-order chi connectivity index (χ1) is 14.5. The Morgan fingerprint density at radius 1 is 1.00 bits per heavy atom. The number of carbonyl (C=O) groups is 1. The Morgan fingerprint density at radius 2 is 1.73 bits per heavy atom. The molecule has 1 aromatic heterocycles. The van der Waals surface area contributed by atoms with E-state index in [0.717, 1.165) is 17.7 Å². The van der Waals surface area contributed by atoms with E-state index in [2.05, 4.69) is 12.2 Å². The molecule has 6 heteroatoms. The number of furan rings is 1. The van der Waals surface area contributed by atoms with Crippen molar-refractivity contribution < 1.29 is 23.4 Å². The molecular weight excluding hydrogens is 382 g/mol. The highest BCUT2D eigenvalue weighted by atomic mass is 16.5. The standard InChI is InChI=1S/C24H27NO5/c1-5-17-6-8-18(9-7-17)29-15-20-11-13-23(30-20)24(26)25-16(2)21-14-19(27-3)10-12-22(21)28-4/h6-14,16H,5,15H2,1-4H3,(H,25,26). The molecule has 1 N–H and O–H groups in total. The monoisotopic (exact) mass is 409 g/mol. The van der Waals surface area contributed by atoms with Gasteiger partial charge in [-0.25, -0.2) is 0 Å². The summed E-state index contributed by atoms with van der Waals surface area (Å²) >= 11 is 0. The summed E-state index contributed by atoms with van der Waals surface area (Å²) in [5.41, 5.74) is 2.07. The number of rotatable bonds is 9. The molecule has 3 aromatic rings. The SMILES string of the molecule is CCc1ccc(OCc2ccc(C(=O)NC(C)c3cc(OC)ccc3OC)o2)cc1. The maximum absolute atomic E-state index is 12.6. The van der Waals surface area contributed by atoms with Crippen LogP contribution in [0.3, 0.4) is 0 Å². The number of aryl methyl sites for hydroxylation is 1. The van der Waals surface area contributed by atoms with E-state index in [9.17, 15) is 4.79 Å². The average Bonchev–Trinajstić information content (AvgIpc) is 3.26. The van der Waals surface area contributed by atoms with Crippen molar-refractivity contribution in [1.29, 1.82) is 0 Å². The van der Waals surface area contributed by atoms with Gasteiger partial charge in [0.05, 0.1) is 20.3 Å². The topological polar surface area (TPSA) is 69.9 Å². The number of ether oxygens (including phenoxy) is 3. The molecule has 0 aliphatic rings. The Morgan fingerprint density at radius 3 is 2.40 bits per heavy atom. The average molecular weight is 409 g/mol. The van der Waals surface area contributed by atoms with Gasteiger partial charge in [-0.1, -0.05) is 19.1 Å². The van der Waals surface area contributed by atoms with E-state index in [4.69, 9.17) is 18.6 Å². The molecule has 1 unspecified atom stereocenters.